The fraction of sp³-hybridized carbons (Fsp3) is 0.857. The summed E-state index contributed by atoms with van der Waals surface area (Å²) in [5.74, 6) is 0. The topological polar surface area (TPSA) is 49.3 Å². The lowest BCUT2D eigenvalue weighted by Gasteiger charge is -2.13. The Morgan fingerprint density at radius 3 is 1.75 bits per heavy atom. The van der Waals surface area contributed by atoms with E-state index in [1.165, 1.54) is 103 Å². The minimum Gasteiger partial charge on any atom is -0.831 e. The highest BCUT2D eigenvalue weighted by atomic mass is 16.5. The molecule has 1 rings (SSSR count). The zero-order valence-corrected chi connectivity index (χ0v) is 21.8. The van der Waals surface area contributed by atoms with Crippen LogP contribution < -0.4 is 5.11 Å². The second-order valence-corrected chi connectivity index (χ2v) is 9.40. The molecule has 0 aromatic rings. The Morgan fingerprint density at radius 1 is 0.750 bits per heavy atom. The van der Waals surface area contributed by atoms with Gasteiger partial charge in [0, 0.05) is 6.42 Å². The van der Waals surface area contributed by atoms with E-state index in [1.54, 1.807) is 0 Å². The fourth-order valence-electron chi connectivity index (χ4n) is 3.87. The van der Waals surface area contributed by atoms with Crippen LogP contribution in [-0.2, 0) is 0 Å². The van der Waals surface area contributed by atoms with Gasteiger partial charge in [0.25, 0.3) is 0 Å². The van der Waals surface area contributed by atoms with Gasteiger partial charge in [-0.3, -0.25) is 0 Å². The lowest BCUT2D eigenvalue weighted by molar-refractivity contribution is -0.699. The van der Waals surface area contributed by atoms with E-state index in [0.29, 0.717) is 6.42 Å². The Hall–Kier alpha value is -1.00. The van der Waals surface area contributed by atoms with E-state index in [0.717, 1.165) is 19.5 Å². The summed E-state index contributed by atoms with van der Waals surface area (Å²) in [7, 11) is 2.11. The maximum absolute atomic E-state index is 10.4. The van der Waals surface area contributed by atoms with Gasteiger partial charge in [0.2, 0.25) is 12.4 Å². The zero-order chi connectivity index (χ0) is 23.7. The van der Waals surface area contributed by atoms with E-state index >= 15 is 0 Å². The standard InChI is InChI=1S/C18H35O2.C10H20N2/c1-2-3-4-5-6-7-8-9-10-11-12-13-14-15-16-17-18(19)20;1-3-4-5-6-7-12-9-8-11(2)10-12/h9-10,18-19H,2-8,11-17H2,1H3;8-9H,3-7,10H2,1-2H3/q-1;+2/b10-9+;. The monoisotopic (exact) mass is 451 g/mol. The highest BCUT2D eigenvalue weighted by Crippen LogP contribution is 2.10. The molecule has 0 aliphatic carbocycles. The first-order valence-corrected chi connectivity index (χ1v) is 13.7. The van der Waals surface area contributed by atoms with Crippen molar-refractivity contribution in [1.29, 1.82) is 0 Å². The van der Waals surface area contributed by atoms with Crippen molar-refractivity contribution in [1.82, 2.24) is 0 Å². The first kappa shape index (κ1) is 31.0. The normalized spacial score (nSPS) is 14.3. The molecular formula is C28H55N2O2+. The van der Waals surface area contributed by atoms with Crippen LogP contribution in [0.1, 0.15) is 129 Å². The zero-order valence-electron chi connectivity index (χ0n) is 21.8. The predicted molar refractivity (Wildman–Crippen MR) is 138 cm³/mol. The minimum atomic E-state index is -1.36. The summed E-state index contributed by atoms with van der Waals surface area (Å²) in [5.41, 5.74) is 0. The average molecular weight is 452 g/mol. The Labute approximate surface area is 200 Å². The van der Waals surface area contributed by atoms with Crippen LogP contribution in [0.3, 0.4) is 0 Å². The van der Waals surface area contributed by atoms with Crippen LogP contribution in [0.5, 0.6) is 0 Å². The van der Waals surface area contributed by atoms with Gasteiger partial charge in [-0.2, -0.15) is 9.15 Å². The van der Waals surface area contributed by atoms with Crippen molar-refractivity contribution in [2.24, 2.45) is 0 Å². The molecule has 0 amide bonds. The molecule has 1 aliphatic rings. The first-order chi connectivity index (χ1) is 15.6. The van der Waals surface area contributed by atoms with Gasteiger partial charge in [0.15, 0.2) is 0 Å². The van der Waals surface area contributed by atoms with E-state index in [9.17, 15) is 5.11 Å². The third-order valence-electron chi connectivity index (χ3n) is 5.95. The smallest absolute Gasteiger partial charge is 0.334 e. The molecule has 188 valence electrons. The third-order valence-corrected chi connectivity index (χ3v) is 5.95. The molecule has 1 atom stereocenters. The molecule has 0 saturated carbocycles. The Balaban J connectivity index is 0.000000677. The van der Waals surface area contributed by atoms with E-state index in [1.807, 2.05) is 0 Å². The molecule has 4 nitrogen and oxygen atoms in total. The molecular weight excluding hydrogens is 396 g/mol. The van der Waals surface area contributed by atoms with Gasteiger partial charge in [-0.05, 0) is 44.8 Å². The molecule has 0 spiro atoms. The van der Waals surface area contributed by atoms with Gasteiger partial charge in [0.05, 0.1) is 0 Å². The SMILES string of the molecule is CCCCCCCC/C=C/CCCCCCCC([O-])O.CCCCCC[N+]1=CC=[N+](C)C1. The number of hydrogen-bond donors (Lipinski definition) is 1. The van der Waals surface area contributed by atoms with Crippen LogP contribution in [0.25, 0.3) is 0 Å². The van der Waals surface area contributed by atoms with Crippen molar-refractivity contribution in [2.75, 3.05) is 20.3 Å². The van der Waals surface area contributed by atoms with Crippen LogP contribution in [0.4, 0.5) is 0 Å². The van der Waals surface area contributed by atoms with Crippen LogP contribution >= 0.6 is 0 Å². The van der Waals surface area contributed by atoms with Crippen molar-refractivity contribution in [3.63, 3.8) is 0 Å². The van der Waals surface area contributed by atoms with Gasteiger partial charge in [0.1, 0.15) is 13.6 Å². The summed E-state index contributed by atoms with van der Waals surface area (Å²) >= 11 is 0. The van der Waals surface area contributed by atoms with Gasteiger partial charge < -0.3 is 10.2 Å². The summed E-state index contributed by atoms with van der Waals surface area (Å²) in [5, 5.41) is 19.0. The van der Waals surface area contributed by atoms with Crippen molar-refractivity contribution in [3.05, 3.63) is 12.2 Å². The largest absolute Gasteiger partial charge is 0.831 e. The maximum Gasteiger partial charge on any atom is 0.334 e. The van der Waals surface area contributed by atoms with Crippen molar-refractivity contribution in [2.45, 2.75) is 136 Å². The molecule has 1 heterocycles. The predicted octanol–water partition coefficient (Wildman–Crippen LogP) is 6.04. The molecule has 1 N–H and O–H groups in total. The Morgan fingerprint density at radius 2 is 1.25 bits per heavy atom. The lowest BCUT2D eigenvalue weighted by atomic mass is 10.1. The first-order valence-electron chi connectivity index (χ1n) is 13.7. The van der Waals surface area contributed by atoms with Crippen LogP contribution in [0.15, 0.2) is 12.2 Å². The molecule has 0 saturated heterocycles. The number of rotatable bonds is 20. The number of aliphatic hydroxyl groups excluding tert-OH is 1. The quantitative estimate of drug-likeness (QED) is 0.106. The number of nitrogens with zero attached hydrogens (tertiary/aromatic N) is 2. The molecule has 1 aliphatic heterocycles. The second-order valence-electron chi connectivity index (χ2n) is 9.40. The number of hydrogen-bond acceptors (Lipinski definition) is 2. The van der Waals surface area contributed by atoms with Crippen LogP contribution in [0.2, 0.25) is 0 Å². The van der Waals surface area contributed by atoms with Crippen molar-refractivity contribution < 1.29 is 19.4 Å². The summed E-state index contributed by atoms with van der Waals surface area (Å²) in [6, 6.07) is 0. The maximum atomic E-state index is 10.4. The minimum absolute atomic E-state index is 0.415. The van der Waals surface area contributed by atoms with Crippen molar-refractivity contribution in [3.8, 4) is 0 Å². The molecule has 1 unspecified atom stereocenters. The fourth-order valence-corrected chi connectivity index (χ4v) is 3.87. The molecule has 0 radical (unpaired) electrons. The van der Waals surface area contributed by atoms with Gasteiger partial charge >= 0.3 is 6.67 Å². The van der Waals surface area contributed by atoms with Gasteiger partial charge in [-0.25, -0.2) is 0 Å². The molecule has 4 heteroatoms. The molecule has 0 aromatic carbocycles. The summed E-state index contributed by atoms with van der Waals surface area (Å²) < 4.78 is 4.58. The number of unbranched alkanes of at least 4 members (excludes halogenated alkanes) is 14. The molecule has 32 heavy (non-hydrogen) atoms. The summed E-state index contributed by atoms with van der Waals surface area (Å²) in [6.45, 7) is 6.81. The highest BCUT2D eigenvalue weighted by Gasteiger charge is 2.14. The third kappa shape index (κ3) is 23.7. The summed E-state index contributed by atoms with van der Waals surface area (Å²) in [4.78, 5) is 0. The Bertz CT molecular complexity index is 484. The van der Waals surface area contributed by atoms with Crippen LogP contribution in [0, 0.1) is 0 Å². The highest BCUT2D eigenvalue weighted by molar-refractivity contribution is 6.11. The number of aliphatic hydroxyl groups is 1. The number of allylic oxidation sites excluding steroid dienone is 2. The van der Waals surface area contributed by atoms with E-state index in [-0.39, 0.29) is 0 Å². The van der Waals surface area contributed by atoms with Crippen molar-refractivity contribution >= 4 is 12.4 Å². The molecule has 0 aromatic heterocycles. The van der Waals surface area contributed by atoms with Gasteiger partial charge in [-0.1, -0.05) is 96.6 Å². The lowest BCUT2D eigenvalue weighted by Crippen LogP contribution is -2.23. The Kier molecular flexibility index (Phi) is 23.9. The van der Waals surface area contributed by atoms with E-state index in [4.69, 9.17) is 5.11 Å². The van der Waals surface area contributed by atoms with E-state index < -0.39 is 6.29 Å². The molecule has 0 fully saturated rings. The summed E-state index contributed by atoms with van der Waals surface area (Å²) in [6.07, 6.45) is 29.8. The van der Waals surface area contributed by atoms with Crippen LogP contribution in [-0.4, -0.2) is 53.2 Å². The van der Waals surface area contributed by atoms with Gasteiger partial charge in [-0.15, -0.1) is 0 Å². The van der Waals surface area contributed by atoms with E-state index in [2.05, 4.69) is 54.6 Å². The second kappa shape index (κ2) is 24.6. The average Bonchev–Trinajstić information content (AvgIpc) is 3.19. The molecule has 0 bridgehead atoms.